The first-order chi connectivity index (χ1) is 6.36. The van der Waals surface area contributed by atoms with Gasteiger partial charge in [0.25, 0.3) is 0 Å². The van der Waals surface area contributed by atoms with Gasteiger partial charge in [-0.2, -0.15) is 0 Å². The second-order valence-electron chi connectivity index (χ2n) is 4.58. The Morgan fingerprint density at radius 2 is 2.08 bits per heavy atom. The number of nitrogens with one attached hydrogen (secondary N) is 1. The van der Waals surface area contributed by atoms with Gasteiger partial charge < -0.3 is 10.2 Å². The first-order valence-electron chi connectivity index (χ1n) is 5.37. The fourth-order valence-electron chi connectivity index (χ4n) is 2.69. The maximum atomic E-state index is 11.8. The van der Waals surface area contributed by atoms with Gasteiger partial charge in [-0.1, -0.05) is 0 Å². The second kappa shape index (κ2) is 2.71. The number of nitrogens with zero attached hydrogens (tertiary/aromatic N) is 1. The Hall–Kier alpha value is -0.570. The molecule has 0 aromatic carbocycles. The van der Waals surface area contributed by atoms with Crippen molar-refractivity contribution in [3.8, 4) is 0 Å². The average molecular weight is 180 g/mol. The molecule has 2 saturated heterocycles. The van der Waals surface area contributed by atoms with Crippen LogP contribution < -0.4 is 5.32 Å². The van der Waals surface area contributed by atoms with Gasteiger partial charge in [0, 0.05) is 31.6 Å². The van der Waals surface area contributed by atoms with Crippen LogP contribution in [0.3, 0.4) is 0 Å². The minimum absolute atomic E-state index is 0.402. The molecule has 0 radical (unpaired) electrons. The molecule has 3 rings (SSSR count). The van der Waals surface area contributed by atoms with Crippen LogP contribution in [-0.4, -0.2) is 36.5 Å². The second-order valence-corrected chi connectivity index (χ2v) is 4.58. The van der Waals surface area contributed by atoms with Crippen LogP contribution in [0.25, 0.3) is 0 Å². The topological polar surface area (TPSA) is 32.3 Å². The molecular weight excluding hydrogens is 164 g/mol. The maximum absolute atomic E-state index is 11.8. The van der Waals surface area contributed by atoms with Crippen molar-refractivity contribution in [2.75, 3.05) is 19.6 Å². The zero-order valence-electron chi connectivity index (χ0n) is 7.83. The first kappa shape index (κ1) is 7.80. The number of fused-ring (bicyclic) bond motifs is 1. The Kier molecular flexibility index (Phi) is 1.62. The molecule has 1 N–H and O–H groups in total. The van der Waals surface area contributed by atoms with Gasteiger partial charge >= 0.3 is 0 Å². The number of hydrogen-bond donors (Lipinski definition) is 1. The van der Waals surface area contributed by atoms with E-state index in [1.807, 2.05) is 0 Å². The predicted octanol–water partition coefficient (Wildman–Crippen LogP) is 0.217. The van der Waals surface area contributed by atoms with E-state index in [9.17, 15) is 4.79 Å². The van der Waals surface area contributed by atoms with Gasteiger partial charge in [0.1, 0.15) is 0 Å². The lowest BCUT2D eigenvalue weighted by molar-refractivity contribution is -0.133. The lowest BCUT2D eigenvalue weighted by atomic mass is 10.1. The van der Waals surface area contributed by atoms with Gasteiger partial charge in [-0.15, -0.1) is 0 Å². The smallest absolute Gasteiger partial charge is 0.225 e. The van der Waals surface area contributed by atoms with Crippen molar-refractivity contribution in [2.24, 2.45) is 11.8 Å². The third kappa shape index (κ3) is 1.17. The largest absolute Gasteiger partial charge is 0.338 e. The van der Waals surface area contributed by atoms with E-state index in [0.29, 0.717) is 17.9 Å². The number of carbonyl (C=O) groups is 1. The molecule has 3 heteroatoms. The molecule has 3 nitrogen and oxygen atoms in total. The summed E-state index contributed by atoms with van der Waals surface area (Å²) in [5.74, 6) is 1.60. The van der Waals surface area contributed by atoms with E-state index in [4.69, 9.17) is 0 Å². The highest BCUT2D eigenvalue weighted by Gasteiger charge is 2.43. The van der Waals surface area contributed by atoms with Gasteiger partial charge in [0.05, 0.1) is 0 Å². The molecule has 1 aliphatic carbocycles. The van der Waals surface area contributed by atoms with Crippen LogP contribution in [0.5, 0.6) is 0 Å². The lowest BCUT2D eigenvalue weighted by Gasteiger charge is -2.23. The molecule has 2 heterocycles. The van der Waals surface area contributed by atoms with Gasteiger partial charge in [-0.25, -0.2) is 0 Å². The molecule has 1 amide bonds. The van der Waals surface area contributed by atoms with Gasteiger partial charge in [-0.05, 0) is 25.2 Å². The molecule has 0 unspecified atom stereocenters. The summed E-state index contributed by atoms with van der Waals surface area (Å²) in [6, 6.07) is 0.535. The highest BCUT2D eigenvalue weighted by Crippen LogP contribution is 2.35. The minimum Gasteiger partial charge on any atom is -0.338 e. The number of carbonyl (C=O) groups excluding carboxylic acids is 1. The summed E-state index contributed by atoms with van der Waals surface area (Å²) in [7, 11) is 0. The highest BCUT2D eigenvalue weighted by molar-refractivity contribution is 5.81. The van der Waals surface area contributed by atoms with E-state index in [-0.39, 0.29) is 0 Å². The first-order valence-corrected chi connectivity index (χ1v) is 5.37. The van der Waals surface area contributed by atoms with Crippen LogP contribution in [0.2, 0.25) is 0 Å². The Labute approximate surface area is 78.5 Å². The fraction of sp³-hybridized carbons (Fsp3) is 0.900. The van der Waals surface area contributed by atoms with E-state index in [1.54, 1.807) is 0 Å². The van der Waals surface area contributed by atoms with Gasteiger partial charge in [0.15, 0.2) is 0 Å². The van der Waals surface area contributed by atoms with E-state index >= 15 is 0 Å². The summed E-state index contributed by atoms with van der Waals surface area (Å²) in [4.78, 5) is 14.0. The van der Waals surface area contributed by atoms with Crippen molar-refractivity contribution in [1.29, 1.82) is 0 Å². The van der Waals surface area contributed by atoms with Crippen molar-refractivity contribution in [1.82, 2.24) is 10.2 Å². The normalized spacial score (nSPS) is 38.0. The third-order valence-corrected chi connectivity index (χ3v) is 3.65. The maximum Gasteiger partial charge on any atom is 0.225 e. The summed E-state index contributed by atoms with van der Waals surface area (Å²) < 4.78 is 0. The summed E-state index contributed by atoms with van der Waals surface area (Å²) in [5, 5.41) is 3.37. The molecule has 2 atom stereocenters. The standard InChI is InChI=1S/C10H16N2O/c13-10(7-1-2-7)12-4-3-8-5-11-6-9(8)12/h7-9,11H,1-6H2/t8-,9+/m0/s1. The molecule has 72 valence electrons. The Balaban J connectivity index is 1.73. The molecule has 1 saturated carbocycles. The Morgan fingerprint density at radius 1 is 1.23 bits per heavy atom. The highest BCUT2D eigenvalue weighted by atomic mass is 16.2. The van der Waals surface area contributed by atoms with Crippen molar-refractivity contribution < 1.29 is 4.79 Å². The van der Waals surface area contributed by atoms with Gasteiger partial charge in [0.2, 0.25) is 5.91 Å². The molecule has 0 spiro atoms. The van der Waals surface area contributed by atoms with Crippen LogP contribution in [0.1, 0.15) is 19.3 Å². The SMILES string of the molecule is O=C(C1CC1)N1CC[C@H]2CNC[C@H]21. The number of amides is 1. The quantitative estimate of drug-likeness (QED) is 0.626. The molecule has 0 bridgehead atoms. The Morgan fingerprint density at radius 3 is 2.85 bits per heavy atom. The molecule has 3 aliphatic rings. The number of hydrogen-bond acceptors (Lipinski definition) is 2. The molecule has 2 aliphatic heterocycles. The molecule has 13 heavy (non-hydrogen) atoms. The predicted molar refractivity (Wildman–Crippen MR) is 49.2 cm³/mol. The monoisotopic (exact) mass is 180 g/mol. The molecule has 0 aromatic rings. The van der Waals surface area contributed by atoms with E-state index in [0.717, 1.165) is 38.4 Å². The third-order valence-electron chi connectivity index (χ3n) is 3.65. The summed E-state index contributed by atoms with van der Waals surface area (Å²) in [6.07, 6.45) is 3.50. The van der Waals surface area contributed by atoms with Crippen molar-refractivity contribution in [3.05, 3.63) is 0 Å². The van der Waals surface area contributed by atoms with Crippen LogP contribution in [-0.2, 0) is 4.79 Å². The Bertz CT molecular complexity index is 237. The van der Waals surface area contributed by atoms with Crippen molar-refractivity contribution >= 4 is 5.91 Å². The average Bonchev–Trinajstić information content (AvgIpc) is 2.73. The van der Waals surface area contributed by atoms with E-state index in [2.05, 4.69) is 10.2 Å². The summed E-state index contributed by atoms with van der Waals surface area (Å²) in [6.45, 7) is 3.18. The minimum atomic E-state index is 0.402. The van der Waals surface area contributed by atoms with Crippen LogP contribution in [0.4, 0.5) is 0 Å². The molecule has 0 aromatic heterocycles. The zero-order valence-corrected chi connectivity index (χ0v) is 7.83. The summed E-state index contributed by atoms with van der Waals surface area (Å²) >= 11 is 0. The number of rotatable bonds is 1. The van der Waals surface area contributed by atoms with E-state index in [1.165, 1.54) is 6.42 Å². The number of likely N-dealkylation sites (tertiary alicyclic amines) is 1. The van der Waals surface area contributed by atoms with Crippen LogP contribution in [0.15, 0.2) is 0 Å². The van der Waals surface area contributed by atoms with Gasteiger partial charge in [-0.3, -0.25) is 4.79 Å². The lowest BCUT2D eigenvalue weighted by Crippen LogP contribution is -2.39. The van der Waals surface area contributed by atoms with Crippen molar-refractivity contribution in [3.63, 3.8) is 0 Å². The molecule has 3 fully saturated rings. The van der Waals surface area contributed by atoms with Crippen LogP contribution in [0, 0.1) is 11.8 Å². The zero-order chi connectivity index (χ0) is 8.84. The van der Waals surface area contributed by atoms with E-state index < -0.39 is 0 Å². The summed E-state index contributed by atoms with van der Waals surface area (Å²) in [5.41, 5.74) is 0. The van der Waals surface area contributed by atoms with Crippen molar-refractivity contribution in [2.45, 2.75) is 25.3 Å². The fourth-order valence-corrected chi connectivity index (χ4v) is 2.69. The van der Waals surface area contributed by atoms with Crippen LogP contribution >= 0.6 is 0 Å². The molecular formula is C10H16N2O.